The summed E-state index contributed by atoms with van der Waals surface area (Å²) in [7, 11) is -0.361. The van der Waals surface area contributed by atoms with Gasteiger partial charge in [0.1, 0.15) is 6.10 Å². The van der Waals surface area contributed by atoms with Crippen molar-refractivity contribution in [2.75, 3.05) is 7.11 Å². The molecule has 0 spiro atoms. The Balaban J connectivity index is 2.09. The standard InChI is InChI=1S/C18H33NO4Si/c1-11(23-24(6,7)18(2,3)4)14-15(19-17(14)21)12-9-8-10-13(22-5)16(12)20/h11-15H,8-10H2,1-7H3,(H,19,21)/t11-,12+,13+,14-,15+/m1/s1. The smallest absolute Gasteiger partial charge is 0.228 e. The van der Waals surface area contributed by atoms with Crippen molar-refractivity contribution in [2.45, 2.75) is 83.3 Å². The Labute approximate surface area is 147 Å². The number of ketones is 1. The molecule has 5 atom stereocenters. The molecule has 1 aliphatic heterocycles. The predicted molar refractivity (Wildman–Crippen MR) is 96.3 cm³/mol. The molecular weight excluding hydrogens is 322 g/mol. The lowest BCUT2D eigenvalue weighted by Gasteiger charge is -2.48. The van der Waals surface area contributed by atoms with Gasteiger partial charge in [0.25, 0.3) is 0 Å². The largest absolute Gasteiger partial charge is 0.413 e. The number of methoxy groups -OCH3 is 1. The Bertz CT molecular complexity index is 500. The van der Waals surface area contributed by atoms with Crippen LogP contribution in [0.1, 0.15) is 47.0 Å². The van der Waals surface area contributed by atoms with E-state index in [1.807, 2.05) is 6.92 Å². The molecule has 138 valence electrons. The molecule has 2 fully saturated rings. The zero-order chi connectivity index (χ0) is 18.3. The Hall–Kier alpha value is -0.723. The summed E-state index contributed by atoms with van der Waals surface area (Å²) >= 11 is 0. The van der Waals surface area contributed by atoms with Gasteiger partial charge in [-0.15, -0.1) is 0 Å². The predicted octanol–water partition coefficient (Wildman–Crippen LogP) is 2.90. The molecule has 2 aliphatic rings. The highest BCUT2D eigenvalue weighted by Gasteiger charge is 2.52. The number of rotatable bonds is 5. The lowest BCUT2D eigenvalue weighted by Crippen LogP contribution is -2.68. The molecule has 24 heavy (non-hydrogen) atoms. The van der Waals surface area contributed by atoms with Crippen LogP contribution in [-0.4, -0.2) is 45.4 Å². The van der Waals surface area contributed by atoms with E-state index >= 15 is 0 Å². The molecule has 0 aromatic carbocycles. The third kappa shape index (κ3) is 3.60. The maximum Gasteiger partial charge on any atom is 0.228 e. The van der Waals surface area contributed by atoms with Gasteiger partial charge in [-0.3, -0.25) is 9.59 Å². The number of carbonyl (C=O) groups excluding carboxylic acids is 2. The third-order valence-corrected chi connectivity index (χ3v) is 10.7. The third-order valence-electron chi connectivity index (χ3n) is 6.17. The molecule has 0 unspecified atom stereocenters. The number of amides is 1. The number of hydrogen-bond acceptors (Lipinski definition) is 4. The molecular formula is C18H33NO4Si. The molecule has 1 aliphatic carbocycles. The summed E-state index contributed by atoms with van der Waals surface area (Å²) in [6, 6.07) is -0.109. The summed E-state index contributed by atoms with van der Waals surface area (Å²) in [5.74, 6) is -0.225. The number of nitrogens with one attached hydrogen (secondary N) is 1. The van der Waals surface area contributed by atoms with Crippen molar-refractivity contribution < 1.29 is 18.8 Å². The molecule has 1 saturated carbocycles. The highest BCUT2D eigenvalue weighted by atomic mass is 28.4. The van der Waals surface area contributed by atoms with E-state index in [4.69, 9.17) is 9.16 Å². The Morgan fingerprint density at radius 3 is 2.33 bits per heavy atom. The quantitative estimate of drug-likeness (QED) is 0.608. The molecule has 6 heteroatoms. The van der Waals surface area contributed by atoms with E-state index < -0.39 is 8.32 Å². The summed E-state index contributed by atoms with van der Waals surface area (Å²) in [5, 5.41) is 3.06. The first-order valence-corrected chi connectivity index (χ1v) is 11.9. The molecule has 0 radical (unpaired) electrons. The van der Waals surface area contributed by atoms with Crippen LogP contribution in [-0.2, 0) is 18.8 Å². The average Bonchev–Trinajstić information content (AvgIpc) is 2.43. The van der Waals surface area contributed by atoms with E-state index in [0.29, 0.717) is 0 Å². The van der Waals surface area contributed by atoms with Crippen molar-refractivity contribution in [1.29, 1.82) is 0 Å². The number of ether oxygens (including phenoxy) is 1. The van der Waals surface area contributed by atoms with Crippen LogP contribution in [0.4, 0.5) is 0 Å². The van der Waals surface area contributed by atoms with Gasteiger partial charge in [-0.1, -0.05) is 20.8 Å². The molecule has 5 nitrogen and oxygen atoms in total. The monoisotopic (exact) mass is 355 g/mol. The second-order valence-electron chi connectivity index (χ2n) is 8.81. The van der Waals surface area contributed by atoms with Crippen LogP contribution in [0.3, 0.4) is 0 Å². The first-order valence-electron chi connectivity index (χ1n) is 9.04. The minimum absolute atomic E-state index is 0.0125. The van der Waals surface area contributed by atoms with Gasteiger partial charge in [0.05, 0.1) is 18.1 Å². The van der Waals surface area contributed by atoms with Gasteiger partial charge in [0.2, 0.25) is 5.91 Å². The molecule has 1 N–H and O–H groups in total. The average molecular weight is 356 g/mol. The normalized spacial score (nSPS) is 33.0. The Morgan fingerprint density at radius 1 is 1.21 bits per heavy atom. The van der Waals surface area contributed by atoms with E-state index in [-0.39, 0.29) is 46.8 Å². The van der Waals surface area contributed by atoms with Crippen molar-refractivity contribution >= 4 is 20.0 Å². The van der Waals surface area contributed by atoms with Gasteiger partial charge in [0.15, 0.2) is 14.1 Å². The van der Waals surface area contributed by atoms with Crippen LogP contribution < -0.4 is 5.32 Å². The van der Waals surface area contributed by atoms with Gasteiger partial charge >= 0.3 is 0 Å². The molecule has 1 amide bonds. The molecule has 1 heterocycles. The van der Waals surface area contributed by atoms with Gasteiger partial charge in [0, 0.05) is 13.0 Å². The van der Waals surface area contributed by atoms with E-state index in [9.17, 15) is 9.59 Å². The summed E-state index contributed by atoms with van der Waals surface area (Å²) in [6.07, 6.45) is 2.09. The maximum atomic E-state index is 12.6. The van der Waals surface area contributed by atoms with Crippen LogP contribution in [0.2, 0.25) is 18.1 Å². The van der Waals surface area contributed by atoms with Crippen LogP contribution in [0, 0.1) is 11.8 Å². The SMILES string of the molecule is CO[C@H]1CCC[C@@H]([C@@H]2NC(=O)[C@@H]2[C@@H](C)O[Si](C)(C)C(C)(C)C)C1=O. The number of hydrogen-bond donors (Lipinski definition) is 1. The minimum atomic E-state index is -1.95. The molecule has 0 aromatic rings. The fourth-order valence-electron chi connectivity index (χ4n) is 3.62. The zero-order valence-corrected chi connectivity index (χ0v) is 17.1. The summed E-state index contributed by atoms with van der Waals surface area (Å²) in [5.41, 5.74) is 0. The fourth-order valence-corrected chi connectivity index (χ4v) is 5.05. The number of β-lactam (4-membered cyclic amide) rings is 1. The van der Waals surface area contributed by atoms with E-state index in [1.54, 1.807) is 7.11 Å². The van der Waals surface area contributed by atoms with Gasteiger partial charge in [-0.05, 0) is 44.3 Å². The van der Waals surface area contributed by atoms with E-state index in [0.717, 1.165) is 19.3 Å². The fraction of sp³-hybridized carbons (Fsp3) is 0.889. The summed E-state index contributed by atoms with van der Waals surface area (Å²) in [4.78, 5) is 24.8. The van der Waals surface area contributed by atoms with E-state index in [1.165, 1.54) is 0 Å². The van der Waals surface area contributed by atoms with Crippen molar-refractivity contribution in [2.24, 2.45) is 11.8 Å². The van der Waals surface area contributed by atoms with E-state index in [2.05, 4.69) is 39.2 Å². The summed E-state index contributed by atoms with van der Waals surface area (Å²) < 4.78 is 11.7. The first-order chi connectivity index (χ1) is 11.0. The van der Waals surface area contributed by atoms with Crippen LogP contribution in [0.5, 0.6) is 0 Å². The maximum absolute atomic E-state index is 12.6. The van der Waals surface area contributed by atoms with Crippen LogP contribution >= 0.6 is 0 Å². The topological polar surface area (TPSA) is 64.6 Å². The molecule has 2 rings (SSSR count). The van der Waals surface area contributed by atoms with Crippen molar-refractivity contribution in [1.82, 2.24) is 5.32 Å². The van der Waals surface area contributed by atoms with Crippen LogP contribution in [0.25, 0.3) is 0 Å². The Morgan fingerprint density at radius 2 is 1.83 bits per heavy atom. The lowest BCUT2D eigenvalue weighted by molar-refractivity contribution is -0.149. The van der Waals surface area contributed by atoms with Gasteiger partial charge in [-0.25, -0.2) is 0 Å². The molecule has 0 bridgehead atoms. The summed E-state index contributed by atoms with van der Waals surface area (Å²) in [6.45, 7) is 13.0. The van der Waals surface area contributed by atoms with Crippen molar-refractivity contribution in [3.8, 4) is 0 Å². The second kappa shape index (κ2) is 6.88. The molecule has 0 aromatic heterocycles. The Kier molecular flexibility index (Phi) is 5.62. The number of Topliss-reactive ketones (excluding diaryl/α,β-unsaturated/α-hetero) is 1. The van der Waals surface area contributed by atoms with Gasteiger partial charge < -0.3 is 14.5 Å². The highest BCUT2D eigenvalue weighted by molar-refractivity contribution is 6.74. The second-order valence-corrected chi connectivity index (χ2v) is 13.6. The number of carbonyl (C=O) groups is 2. The minimum Gasteiger partial charge on any atom is -0.413 e. The van der Waals surface area contributed by atoms with Crippen molar-refractivity contribution in [3.63, 3.8) is 0 Å². The lowest BCUT2D eigenvalue weighted by atomic mass is 9.71. The molecule has 1 saturated heterocycles. The van der Waals surface area contributed by atoms with Gasteiger partial charge in [-0.2, -0.15) is 0 Å². The first kappa shape index (κ1) is 19.6. The highest BCUT2D eigenvalue weighted by Crippen LogP contribution is 2.40. The zero-order valence-electron chi connectivity index (χ0n) is 16.1. The van der Waals surface area contributed by atoms with Crippen molar-refractivity contribution in [3.05, 3.63) is 0 Å². The van der Waals surface area contributed by atoms with Crippen LogP contribution in [0.15, 0.2) is 0 Å².